The van der Waals surface area contributed by atoms with Crippen molar-refractivity contribution >= 4 is 32.8 Å². The number of aromatic amines is 1. The van der Waals surface area contributed by atoms with Gasteiger partial charge in [0.15, 0.2) is 12.1 Å². The molecule has 0 radical (unpaired) electrons. The highest BCUT2D eigenvalue weighted by Gasteiger charge is 2.44. The van der Waals surface area contributed by atoms with Gasteiger partial charge in [-0.05, 0) is 47.9 Å². The molecule has 252 valence electrons. The Labute approximate surface area is 271 Å². The lowest BCUT2D eigenvalue weighted by atomic mass is 9.97. The molecule has 2 aliphatic heterocycles. The second-order valence-electron chi connectivity index (χ2n) is 13.9. The van der Waals surface area contributed by atoms with Gasteiger partial charge in [0.05, 0.1) is 41.7 Å². The quantitative estimate of drug-likeness (QED) is 0.212. The SMILES string of the molecule is CC(C)CN(C[C@@H](O)[C@H](Cc1ccccc1)NC(=O)O[C@H]1CO[C@H]2OCC[C@H]21)S(=O)(=O)c1ccc2[nH]nc(NCC(C)(C)C)c2c1. The molecule has 0 saturated carbocycles. The molecular formula is C33H47N5O7S. The molecule has 4 N–H and O–H groups in total. The molecule has 0 bridgehead atoms. The number of carbonyl (C=O) groups excluding carboxylic acids is 1. The summed E-state index contributed by atoms with van der Waals surface area (Å²) in [7, 11) is -4.05. The Balaban J connectivity index is 1.36. The number of hydrogen-bond donors (Lipinski definition) is 4. The minimum absolute atomic E-state index is 0.00582. The number of alkyl carbamates (subject to hydrolysis) is 1. The molecule has 2 aliphatic rings. The highest BCUT2D eigenvalue weighted by atomic mass is 32.2. The molecule has 1 amide bonds. The number of aromatic nitrogens is 2. The number of sulfonamides is 1. The van der Waals surface area contributed by atoms with Crippen LogP contribution in [0, 0.1) is 17.3 Å². The highest BCUT2D eigenvalue weighted by molar-refractivity contribution is 7.89. The summed E-state index contributed by atoms with van der Waals surface area (Å²) in [5.74, 6) is 0.510. The number of carbonyl (C=O) groups is 1. The topological polar surface area (TPSA) is 155 Å². The van der Waals surface area contributed by atoms with Crippen molar-refractivity contribution < 1.29 is 32.5 Å². The molecule has 2 fully saturated rings. The monoisotopic (exact) mass is 657 g/mol. The van der Waals surface area contributed by atoms with Crippen LogP contribution in [0.25, 0.3) is 10.9 Å². The van der Waals surface area contributed by atoms with Crippen molar-refractivity contribution in [3.8, 4) is 0 Å². The highest BCUT2D eigenvalue weighted by Crippen LogP contribution is 2.33. The van der Waals surface area contributed by atoms with Crippen LogP contribution in [-0.4, -0.2) is 91.5 Å². The first-order valence-corrected chi connectivity index (χ1v) is 17.4. The third kappa shape index (κ3) is 8.37. The molecule has 13 heteroatoms. The van der Waals surface area contributed by atoms with Crippen LogP contribution >= 0.6 is 0 Å². The Morgan fingerprint density at radius 3 is 2.63 bits per heavy atom. The molecule has 12 nitrogen and oxygen atoms in total. The third-order valence-corrected chi connectivity index (χ3v) is 10.1. The summed E-state index contributed by atoms with van der Waals surface area (Å²) in [6.45, 7) is 11.5. The zero-order valence-corrected chi connectivity index (χ0v) is 28.0. The van der Waals surface area contributed by atoms with Crippen molar-refractivity contribution in [2.75, 3.05) is 38.2 Å². The fourth-order valence-corrected chi connectivity index (χ4v) is 7.47. The van der Waals surface area contributed by atoms with Gasteiger partial charge in [0.1, 0.15) is 6.10 Å². The van der Waals surface area contributed by atoms with Gasteiger partial charge in [0.2, 0.25) is 10.0 Å². The van der Waals surface area contributed by atoms with Crippen molar-refractivity contribution in [1.29, 1.82) is 0 Å². The zero-order valence-electron chi connectivity index (χ0n) is 27.2. The van der Waals surface area contributed by atoms with Gasteiger partial charge in [-0.25, -0.2) is 13.2 Å². The molecule has 0 spiro atoms. The van der Waals surface area contributed by atoms with Crippen LogP contribution in [0.5, 0.6) is 0 Å². The Hall–Kier alpha value is -3.23. The number of ether oxygens (including phenoxy) is 3. The Bertz CT molecular complexity index is 1570. The average molecular weight is 658 g/mol. The standard InChI is InChI=1S/C33H47N5O7S/c1-21(2)17-38(46(41,42)23-11-12-26-25(16-23)30(37-36-26)34-20-33(3,4)5)18-28(39)27(15-22-9-7-6-8-10-22)35-32(40)45-29-19-44-31-24(29)13-14-43-31/h6-12,16,21,24,27-29,31,39H,13-15,17-20H2,1-5H3,(H,35,40)(H2,34,36,37)/t24-,27-,28+,29-,31+/m0/s1. The van der Waals surface area contributed by atoms with E-state index in [9.17, 15) is 18.3 Å². The van der Waals surface area contributed by atoms with Crippen LogP contribution in [0.3, 0.4) is 0 Å². The Kier molecular flexibility index (Phi) is 10.6. The molecule has 2 saturated heterocycles. The van der Waals surface area contributed by atoms with E-state index in [1.807, 2.05) is 44.2 Å². The molecule has 3 aromatic rings. The van der Waals surface area contributed by atoms with E-state index in [4.69, 9.17) is 14.2 Å². The van der Waals surface area contributed by atoms with Gasteiger partial charge < -0.3 is 30.0 Å². The second-order valence-corrected chi connectivity index (χ2v) is 15.8. The van der Waals surface area contributed by atoms with Gasteiger partial charge in [-0.3, -0.25) is 5.10 Å². The number of nitrogens with one attached hydrogen (secondary N) is 3. The predicted molar refractivity (Wildman–Crippen MR) is 175 cm³/mol. The third-order valence-electron chi connectivity index (χ3n) is 8.23. The molecule has 3 heterocycles. The maximum absolute atomic E-state index is 14.2. The summed E-state index contributed by atoms with van der Waals surface area (Å²) in [6.07, 6.45) is -1.76. The smallest absolute Gasteiger partial charge is 0.407 e. The van der Waals surface area contributed by atoms with E-state index in [0.717, 1.165) is 12.0 Å². The predicted octanol–water partition coefficient (Wildman–Crippen LogP) is 4.13. The van der Waals surface area contributed by atoms with E-state index < -0.39 is 34.4 Å². The number of benzene rings is 2. The van der Waals surface area contributed by atoms with Gasteiger partial charge in [-0.15, -0.1) is 0 Å². The number of amides is 1. The van der Waals surface area contributed by atoms with Gasteiger partial charge in [0.25, 0.3) is 0 Å². The molecule has 0 aliphatic carbocycles. The Morgan fingerprint density at radius 1 is 1.15 bits per heavy atom. The number of aliphatic hydroxyl groups is 1. The van der Waals surface area contributed by atoms with E-state index in [2.05, 4.69) is 41.6 Å². The van der Waals surface area contributed by atoms with Crippen molar-refractivity contribution in [3.63, 3.8) is 0 Å². The van der Waals surface area contributed by atoms with Gasteiger partial charge in [-0.1, -0.05) is 65.0 Å². The normalized spacial score (nSPS) is 21.4. The van der Waals surface area contributed by atoms with E-state index >= 15 is 0 Å². The lowest BCUT2D eigenvalue weighted by Crippen LogP contribution is -2.51. The van der Waals surface area contributed by atoms with E-state index in [1.165, 1.54) is 4.31 Å². The molecular weight excluding hydrogens is 610 g/mol. The van der Waals surface area contributed by atoms with Crippen LogP contribution in [0.4, 0.5) is 10.6 Å². The maximum atomic E-state index is 14.2. The van der Waals surface area contributed by atoms with E-state index in [1.54, 1.807) is 18.2 Å². The maximum Gasteiger partial charge on any atom is 0.407 e. The first-order chi connectivity index (χ1) is 21.8. The van der Waals surface area contributed by atoms with Gasteiger partial charge in [0, 0.05) is 25.0 Å². The van der Waals surface area contributed by atoms with Crippen LogP contribution in [-0.2, 0) is 30.7 Å². The van der Waals surface area contributed by atoms with Crippen molar-refractivity contribution in [2.24, 2.45) is 17.3 Å². The number of nitrogens with zero attached hydrogens (tertiary/aromatic N) is 2. The average Bonchev–Trinajstić information content (AvgIpc) is 3.72. The zero-order chi connectivity index (χ0) is 33.1. The summed E-state index contributed by atoms with van der Waals surface area (Å²) < 4.78 is 46.5. The molecule has 0 unspecified atom stereocenters. The number of hydrogen-bond acceptors (Lipinski definition) is 9. The minimum Gasteiger partial charge on any atom is -0.443 e. The number of rotatable bonds is 13. The first-order valence-electron chi connectivity index (χ1n) is 15.9. The number of H-pyrrole nitrogens is 1. The fourth-order valence-electron chi connectivity index (χ4n) is 5.82. The summed E-state index contributed by atoms with van der Waals surface area (Å²) in [5, 5.41) is 25.7. The van der Waals surface area contributed by atoms with Crippen LogP contribution < -0.4 is 10.6 Å². The van der Waals surface area contributed by atoms with E-state index in [-0.39, 0.29) is 54.6 Å². The van der Waals surface area contributed by atoms with Gasteiger partial charge in [-0.2, -0.15) is 9.40 Å². The summed E-state index contributed by atoms with van der Waals surface area (Å²) in [6, 6.07) is 13.4. The first kappa shape index (κ1) is 34.1. The number of fused-ring (bicyclic) bond motifs is 2. The Morgan fingerprint density at radius 2 is 1.91 bits per heavy atom. The fraction of sp³-hybridized carbons (Fsp3) is 0.576. The summed E-state index contributed by atoms with van der Waals surface area (Å²) >= 11 is 0. The lowest BCUT2D eigenvalue weighted by molar-refractivity contribution is -0.0907. The van der Waals surface area contributed by atoms with Crippen LogP contribution in [0.1, 0.15) is 46.6 Å². The minimum atomic E-state index is -4.05. The van der Waals surface area contributed by atoms with Crippen LogP contribution in [0.15, 0.2) is 53.4 Å². The van der Waals surface area contributed by atoms with Crippen molar-refractivity contribution in [3.05, 3.63) is 54.1 Å². The largest absolute Gasteiger partial charge is 0.443 e. The molecule has 46 heavy (non-hydrogen) atoms. The van der Waals surface area contributed by atoms with Crippen molar-refractivity contribution in [2.45, 2.75) is 76.9 Å². The summed E-state index contributed by atoms with van der Waals surface area (Å²) in [4.78, 5) is 13.2. The molecule has 1 aromatic heterocycles. The lowest BCUT2D eigenvalue weighted by Gasteiger charge is -2.31. The molecule has 5 atom stereocenters. The summed E-state index contributed by atoms with van der Waals surface area (Å²) in [5.41, 5.74) is 1.58. The van der Waals surface area contributed by atoms with Gasteiger partial charge >= 0.3 is 6.09 Å². The van der Waals surface area contributed by atoms with Crippen LogP contribution in [0.2, 0.25) is 0 Å². The molecule has 2 aromatic carbocycles. The number of anilines is 1. The van der Waals surface area contributed by atoms with Crippen molar-refractivity contribution in [1.82, 2.24) is 19.8 Å². The second kappa shape index (κ2) is 14.3. The van der Waals surface area contributed by atoms with E-state index in [0.29, 0.717) is 29.9 Å². The molecule has 5 rings (SSSR count). The number of aliphatic hydroxyl groups excluding tert-OH is 1.